The van der Waals surface area contributed by atoms with Crippen molar-refractivity contribution in [2.75, 3.05) is 30.3 Å². The first-order valence-electron chi connectivity index (χ1n) is 10.1. The number of rotatable bonds is 10. The van der Waals surface area contributed by atoms with E-state index < -0.39 is 6.10 Å². The highest BCUT2D eigenvalue weighted by Gasteiger charge is 2.05. The van der Waals surface area contributed by atoms with E-state index in [-0.39, 0.29) is 6.61 Å². The summed E-state index contributed by atoms with van der Waals surface area (Å²) in [4.78, 5) is 0. The molecule has 0 spiro atoms. The van der Waals surface area contributed by atoms with Crippen LogP contribution in [0, 0.1) is 0 Å². The molecule has 0 aliphatic rings. The number of aliphatic hydroxyl groups is 1. The summed E-state index contributed by atoms with van der Waals surface area (Å²) in [5, 5.41) is 20.7. The molecule has 3 rings (SSSR count). The molecule has 0 aliphatic carbocycles. The second kappa shape index (κ2) is 12.3. The minimum atomic E-state index is -0.556. The van der Waals surface area contributed by atoms with Crippen molar-refractivity contribution in [3.63, 3.8) is 0 Å². The summed E-state index contributed by atoms with van der Waals surface area (Å²) >= 11 is 11.3. The van der Waals surface area contributed by atoms with Crippen LogP contribution in [0.1, 0.15) is 5.56 Å². The molecule has 3 aromatic carbocycles. The third kappa shape index (κ3) is 8.55. The Morgan fingerprint density at radius 2 is 1.68 bits per heavy atom. The van der Waals surface area contributed by atoms with E-state index in [2.05, 4.69) is 28.1 Å². The third-order valence-corrected chi connectivity index (χ3v) is 4.89. The summed E-state index contributed by atoms with van der Waals surface area (Å²) in [6, 6.07) is 25.0. The summed E-state index contributed by atoms with van der Waals surface area (Å²) in [5.41, 5.74) is 2.94. The topological polar surface area (TPSA) is 65.5 Å². The maximum atomic E-state index is 10.0. The van der Waals surface area contributed by atoms with Gasteiger partial charge in [-0.1, -0.05) is 48.0 Å². The molecule has 4 N–H and O–H groups in total. The van der Waals surface area contributed by atoms with Gasteiger partial charge in [0, 0.05) is 22.9 Å². The van der Waals surface area contributed by atoms with Gasteiger partial charge in [-0.2, -0.15) is 0 Å². The van der Waals surface area contributed by atoms with Crippen molar-refractivity contribution >= 4 is 40.3 Å². The van der Waals surface area contributed by atoms with E-state index in [0.29, 0.717) is 16.7 Å². The molecule has 5 nitrogen and oxygen atoms in total. The van der Waals surface area contributed by atoms with Crippen molar-refractivity contribution in [1.29, 1.82) is 0 Å². The zero-order chi connectivity index (χ0) is 21.9. The summed E-state index contributed by atoms with van der Waals surface area (Å²) < 4.78 is 5.55. The van der Waals surface area contributed by atoms with Crippen LogP contribution < -0.4 is 20.7 Å². The Balaban J connectivity index is 1.33. The van der Waals surface area contributed by atoms with Gasteiger partial charge in [-0.05, 0) is 73.2 Å². The van der Waals surface area contributed by atoms with Crippen LogP contribution in [-0.2, 0) is 6.42 Å². The van der Waals surface area contributed by atoms with Crippen molar-refractivity contribution in [2.45, 2.75) is 12.5 Å². The molecule has 31 heavy (non-hydrogen) atoms. The van der Waals surface area contributed by atoms with Crippen molar-refractivity contribution < 1.29 is 9.84 Å². The third-order valence-electron chi connectivity index (χ3n) is 4.45. The SMILES string of the molecule is O[C@@H](CNCCc1ccc(NC(=S)Nc2cccc(Cl)c2)cc1)COc1ccccc1. The van der Waals surface area contributed by atoms with Crippen LogP contribution in [0.25, 0.3) is 0 Å². The van der Waals surface area contributed by atoms with Gasteiger partial charge >= 0.3 is 0 Å². The number of ether oxygens (including phenoxy) is 1. The molecule has 0 heterocycles. The smallest absolute Gasteiger partial charge is 0.175 e. The summed E-state index contributed by atoms with van der Waals surface area (Å²) in [6.45, 7) is 1.51. The van der Waals surface area contributed by atoms with Gasteiger partial charge in [-0.25, -0.2) is 0 Å². The largest absolute Gasteiger partial charge is 0.491 e. The Bertz CT molecular complexity index is 955. The Hall–Kier alpha value is -2.64. The molecule has 0 radical (unpaired) electrons. The van der Waals surface area contributed by atoms with Crippen molar-refractivity contribution in [3.8, 4) is 5.75 Å². The van der Waals surface area contributed by atoms with Crippen LogP contribution >= 0.6 is 23.8 Å². The minimum absolute atomic E-state index is 0.264. The van der Waals surface area contributed by atoms with Crippen LogP contribution in [0.2, 0.25) is 5.02 Å². The van der Waals surface area contributed by atoms with E-state index >= 15 is 0 Å². The first kappa shape index (κ1) is 23.0. The summed E-state index contributed by atoms with van der Waals surface area (Å²) in [6.07, 6.45) is 0.303. The van der Waals surface area contributed by atoms with E-state index in [0.717, 1.165) is 30.1 Å². The predicted octanol–water partition coefficient (Wildman–Crippen LogP) is 4.72. The van der Waals surface area contributed by atoms with Crippen LogP contribution in [-0.4, -0.2) is 36.0 Å². The summed E-state index contributed by atoms with van der Waals surface area (Å²) in [7, 11) is 0. The lowest BCUT2D eigenvalue weighted by molar-refractivity contribution is 0.106. The van der Waals surface area contributed by atoms with Crippen LogP contribution in [0.15, 0.2) is 78.9 Å². The van der Waals surface area contributed by atoms with Crippen molar-refractivity contribution in [1.82, 2.24) is 5.32 Å². The van der Waals surface area contributed by atoms with Gasteiger partial charge in [0.15, 0.2) is 5.11 Å². The Morgan fingerprint density at radius 3 is 2.42 bits per heavy atom. The van der Waals surface area contributed by atoms with Gasteiger partial charge < -0.3 is 25.8 Å². The fourth-order valence-electron chi connectivity index (χ4n) is 2.88. The van der Waals surface area contributed by atoms with E-state index in [1.54, 1.807) is 0 Å². The Labute approximate surface area is 193 Å². The molecule has 1 atom stereocenters. The second-order valence-corrected chi connectivity index (χ2v) is 7.86. The van der Waals surface area contributed by atoms with Crippen molar-refractivity contribution in [2.24, 2.45) is 0 Å². The molecule has 0 fully saturated rings. The quantitative estimate of drug-likeness (QED) is 0.262. The maximum absolute atomic E-state index is 10.0. The molecule has 162 valence electrons. The lowest BCUT2D eigenvalue weighted by atomic mass is 10.1. The zero-order valence-corrected chi connectivity index (χ0v) is 18.6. The number of thiocarbonyl (C=S) groups is 1. The van der Waals surface area contributed by atoms with Crippen LogP contribution in [0.3, 0.4) is 0 Å². The molecular weight excluding hydrogens is 430 g/mol. The number of hydrogen-bond donors (Lipinski definition) is 4. The number of halogens is 1. The number of para-hydroxylation sites is 1. The molecular formula is C24H26ClN3O2S. The number of nitrogens with one attached hydrogen (secondary N) is 3. The van der Waals surface area contributed by atoms with Crippen LogP contribution in [0.4, 0.5) is 11.4 Å². The Kier molecular flexibility index (Phi) is 9.12. The molecule has 7 heteroatoms. The molecule has 0 amide bonds. The normalized spacial score (nSPS) is 11.5. The van der Waals surface area contributed by atoms with E-state index in [9.17, 15) is 5.11 Å². The first-order valence-corrected chi connectivity index (χ1v) is 10.9. The highest BCUT2D eigenvalue weighted by atomic mass is 35.5. The van der Waals surface area contributed by atoms with Crippen LogP contribution in [0.5, 0.6) is 5.75 Å². The minimum Gasteiger partial charge on any atom is -0.491 e. The molecule has 0 unspecified atom stereocenters. The molecule has 0 saturated heterocycles. The molecule has 0 saturated carbocycles. The van der Waals surface area contributed by atoms with E-state index in [1.165, 1.54) is 5.56 Å². The van der Waals surface area contributed by atoms with Gasteiger partial charge in [-0.15, -0.1) is 0 Å². The lowest BCUT2D eigenvalue weighted by Crippen LogP contribution is -2.32. The molecule has 0 aliphatic heterocycles. The van der Waals surface area contributed by atoms with E-state index in [4.69, 9.17) is 28.6 Å². The highest BCUT2D eigenvalue weighted by molar-refractivity contribution is 7.80. The fourth-order valence-corrected chi connectivity index (χ4v) is 3.31. The Morgan fingerprint density at radius 1 is 0.935 bits per heavy atom. The highest BCUT2D eigenvalue weighted by Crippen LogP contribution is 2.16. The summed E-state index contributed by atoms with van der Waals surface area (Å²) in [5.74, 6) is 0.762. The molecule has 3 aromatic rings. The van der Waals surface area contributed by atoms with Gasteiger partial charge in [0.05, 0.1) is 0 Å². The van der Waals surface area contributed by atoms with Gasteiger partial charge in [0.2, 0.25) is 0 Å². The lowest BCUT2D eigenvalue weighted by Gasteiger charge is -2.13. The number of hydrogen-bond acceptors (Lipinski definition) is 4. The predicted molar refractivity (Wildman–Crippen MR) is 132 cm³/mol. The van der Waals surface area contributed by atoms with Gasteiger partial charge in [0.1, 0.15) is 18.5 Å². The average Bonchev–Trinajstić information content (AvgIpc) is 2.77. The monoisotopic (exact) mass is 455 g/mol. The molecule has 0 aromatic heterocycles. The first-order chi connectivity index (χ1) is 15.1. The second-order valence-electron chi connectivity index (χ2n) is 7.02. The molecule has 0 bridgehead atoms. The van der Waals surface area contributed by atoms with Gasteiger partial charge in [0.25, 0.3) is 0 Å². The number of aliphatic hydroxyl groups excluding tert-OH is 1. The fraction of sp³-hybridized carbons (Fsp3) is 0.208. The average molecular weight is 456 g/mol. The van der Waals surface area contributed by atoms with Crippen molar-refractivity contribution in [3.05, 3.63) is 89.4 Å². The standard InChI is InChI=1S/C24H26ClN3O2S/c25-19-5-4-6-21(15-19)28-24(31)27-20-11-9-18(10-12-20)13-14-26-16-22(29)17-30-23-7-2-1-3-8-23/h1-12,15,22,26,29H,13-14,16-17H2,(H2,27,28,31)/t22-/m0/s1. The number of anilines is 2. The van der Waals surface area contributed by atoms with E-state index in [1.807, 2.05) is 66.7 Å². The van der Waals surface area contributed by atoms with Gasteiger partial charge in [-0.3, -0.25) is 0 Å². The maximum Gasteiger partial charge on any atom is 0.175 e. The number of benzene rings is 3. The zero-order valence-electron chi connectivity index (χ0n) is 17.1.